The van der Waals surface area contributed by atoms with Crippen LogP contribution in [-0.2, 0) is 6.42 Å². The van der Waals surface area contributed by atoms with Gasteiger partial charge in [-0.05, 0) is 37.1 Å². The van der Waals surface area contributed by atoms with Gasteiger partial charge in [-0.25, -0.2) is 4.98 Å². The van der Waals surface area contributed by atoms with Crippen LogP contribution in [0.25, 0.3) is 0 Å². The van der Waals surface area contributed by atoms with Gasteiger partial charge in [0.05, 0.1) is 10.9 Å². The number of rotatable bonds is 7. The Labute approximate surface area is 155 Å². The molecule has 24 heavy (non-hydrogen) atoms. The molecule has 2 rings (SSSR count). The second-order valence-electron chi connectivity index (χ2n) is 5.04. The molecule has 3 N–H and O–H groups in total. The summed E-state index contributed by atoms with van der Waals surface area (Å²) in [6.07, 6.45) is 1.91. The van der Waals surface area contributed by atoms with Crippen LogP contribution in [0, 0.1) is 0 Å². The molecule has 0 aliphatic carbocycles. The Hall–Kier alpha value is -1.34. The smallest absolute Gasteiger partial charge is 0.191 e. The fraction of sp³-hybridized carbons (Fsp3) is 0.375. The SMILES string of the molecule is CCNC(=NCC(O)c1ccc(Cl)s1)NCCc1ccc(Cl)nc1. The third-order valence-electron chi connectivity index (χ3n) is 3.18. The Bertz CT molecular complexity index is 660. The van der Waals surface area contributed by atoms with Gasteiger partial charge in [-0.1, -0.05) is 29.3 Å². The highest BCUT2D eigenvalue weighted by molar-refractivity contribution is 7.16. The third-order valence-corrected chi connectivity index (χ3v) is 4.74. The average molecular weight is 387 g/mol. The van der Waals surface area contributed by atoms with Crippen molar-refractivity contribution in [3.05, 3.63) is 50.4 Å². The number of halogens is 2. The van der Waals surface area contributed by atoms with Crippen LogP contribution in [0.5, 0.6) is 0 Å². The van der Waals surface area contributed by atoms with E-state index in [2.05, 4.69) is 20.6 Å². The van der Waals surface area contributed by atoms with Crippen LogP contribution in [0.2, 0.25) is 9.49 Å². The minimum absolute atomic E-state index is 0.272. The Kier molecular flexibility index (Phi) is 7.78. The number of aliphatic hydroxyl groups is 1. The van der Waals surface area contributed by atoms with Gasteiger partial charge in [0.2, 0.25) is 0 Å². The van der Waals surface area contributed by atoms with Crippen molar-refractivity contribution in [2.45, 2.75) is 19.4 Å². The van der Waals surface area contributed by atoms with Crippen molar-refractivity contribution < 1.29 is 5.11 Å². The van der Waals surface area contributed by atoms with E-state index in [1.165, 1.54) is 11.3 Å². The van der Waals surface area contributed by atoms with Crippen molar-refractivity contribution in [2.75, 3.05) is 19.6 Å². The first kappa shape index (κ1) is 19.0. The van der Waals surface area contributed by atoms with Gasteiger partial charge in [-0.3, -0.25) is 4.99 Å². The molecule has 2 aromatic rings. The Morgan fingerprint density at radius 1 is 1.29 bits per heavy atom. The Morgan fingerprint density at radius 2 is 2.12 bits per heavy atom. The number of hydrogen-bond donors (Lipinski definition) is 3. The number of thiophene rings is 1. The summed E-state index contributed by atoms with van der Waals surface area (Å²) in [5, 5.41) is 17.0. The summed E-state index contributed by atoms with van der Waals surface area (Å²) >= 11 is 13.0. The first-order valence-corrected chi connectivity index (χ1v) is 9.21. The number of nitrogens with zero attached hydrogens (tertiary/aromatic N) is 2. The monoisotopic (exact) mass is 386 g/mol. The molecule has 8 heteroatoms. The highest BCUT2D eigenvalue weighted by atomic mass is 35.5. The second-order valence-corrected chi connectivity index (χ2v) is 7.18. The maximum Gasteiger partial charge on any atom is 0.191 e. The summed E-state index contributed by atoms with van der Waals surface area (Å²) in [4.78, 5) is 9.28. The first-order chi connectivity index (χ1) is 11.6. The van der Waals surface area contributed by atoms with Crippen LogP contribution in [0.3, 0.4) is 0 Å². The normalized spacial score (nSPS) is 12.9. The van der Waals surface area contributed by atoms with Gasteiger partial charge < -0.3 is 15.7 Å². The van der Waals surface area contributed by atoms with Gasteiger partial charge in [0.1, 0.15) is 11.3 Å². The Balaban J connectivity index is 1.84. The van der Waals surface area contributed by atoms with E-state index < -0.39 is 6.10 Å². The molecule has 130 valence electrons. The minimum atomic E-state index is -0.654. The number of guanidine groups is 1. The summed E-state index contributed by atoms with van der Waals surface area (Å²) < 4.78 is 0.662. The van der Waals surface area contributed by atoms with Crippen LogP contribution in [-0.4, -0.2) is 35.7 Å². The van der Waals surface area contributed by atoms with Gasteiger partial charge >= 0.3 is 0 Å². The van der Waals surface area contributed by atoms with Gasteiger partial charge in [0.15, 0.2) is 5.96 Å². The van der Waals surface area contributed by atoms with E-state index in [9.17, 15) is 5.11 Å². The summed E-state index contributed by atoms with van der Waals surface area (Å²) in [5.41, 5.74) is 1.09. The van der Waals surface area contributed by atoms with Crippen LogP contribution in [0.1, 0.15) is 23.5 Å². The fourth-order valence-corrected chi connectivity index (χ4v) is 3.15. The van der Waals surface area contributed by atoms with Gasteiger partial charge in [-0.2, -0.15) is 0 Å². The molecule has 0 radical (unpaired) electrons. The van der Waals surface area contributed by atoms with Gasteiger partial charge in [-0.15, -0.1) is 11.3 Å². The maximum absolute atomic E-state index is 10.1. The number of aromatic nitrogens is 1. The van der Waals surface area contributed by atoms with E-state index in [4.69, 9.17) is 23.2 Å². The zero-order valence-electron chi connectivity index (χ0n) is 13.3. The zero-order valence-corrected chi connectivity index (χ0v) is 15.6. The van der Waals surface area contributed by atoms with E-state index in [1.807, 2.05) is 19.1 Å². The lowest BCUT2D eigenvalue weighted by molar-refractivity contribution is 0.191. The molecule has 0 amide bonds. The van der Waals surface area contributed by atoms with E-state index >= 15 is 0 Å². The third kappa shape index (κ3) is 6.28. The number of aliphatic imine (C=N–C) groups is 1. The summed E-state index contributed by atoms with van der Waals surface area (Å²) in [5.74, 6) is 0.668. The first-order valence-electron chi connectivity index (χ1n) is 7.64. The number of nitrogens with one attached hydrogen (secondary N) is 2. The molecule has 0 saturated heterocycles. The maximum atomic E-state index is 10.1. The molecule has 2 aromatic heterocycles. The predicted molar refractivity (Wildman–Crippen MR) is 101 cm³/mol. The number of hydrogen-bond acceptors (Lipinski definition) is 4. The molecule has 2 heterocycles. The molecule has 0 aromatic carbocycles. The van der Waals surface area contributed by atoms with E-state index in [-0.39, 0.29) is 6.54 Å². The predicted octanol–water partition coefficient (Wildman–Crippen LogP) is 3.28. The molecule has 0 spiro atoms. The molecule has 0 aliphatic rings. The van der Waals surface area contributed by atoms with Crippen molar-refractivity contribution in [1.82, 2.24) is 15.6 Å². The molecule has 1 atom stereocenters. The quantitative estimate of drug-likeness (QED) is 0.388. The summed E-state index contributed by atoms with van der Waals surface area (Å²) in [7, 11) is 0. The van der Waals surface area contributed by atoms with Gasteiger partial charge in [0, 0.05) is 24.2 Å². The van der Waals surface area contributed by atoms with Crippen LogP contribution in [0.4, 0.5) is 0 Å². The molecule has 0 aliphatic heterocycles. The summed E-state index contributed by atoms with van der Waals surface area (Å²) in [6, 6.07) is 7.32. The molecular formula is C16H20Cl2N4OS. The van der Waals surface area contributed by atoms with Crippen molar-refractivity contribution >= 4 is 40.5 Å². The molecule has 0 bridgehead atoms. The molecular weight excluding hydrogens is 367 g/mol. The highest BCUT2D eigenvalue weighted by Gasteiger charge is 2.10. The number of aliphatic hydroxyl groups excluding tert-OH is 1. The molecule has 5 nitrogen and oxygen atoms in total. The molecule has 0 saturated carbocycles. The van der Waals surface area contributed by atoms with E-state index in [0.717, 1.165) is 23.4 Å². The van der Waals surface area contributed by atoms with E-state index in [0.29, 0.717) is 22.0 Å². The van der Waals surface area contributed by atoms with Crippen LogP contribution >= 0.6 is 34.5 Å². The number of pyridine rings is 1. The lowest BCUT2D eigenvalue weighted by Crippen LogP contribution is -2.38. The van der Waals surface area contributed by atoms with Crippen molar-refractivity contribution in [1.29, 1.82) is 0 Å². The largest absolute Gasteiger partial charge is 0.386 e. The molecule has 1 unspecified atom stereocenters. The highest BCUT2D eigenvalue weighted by Crippen LogP contribution is 2.26. The molecule has 0 fully saturated rings. The van der Waals surface area contributed by atoms with Crippen molar-refractivity contribution in [2.24, 2.45) is 4.99 Å². The van der Waals surface area contributed by atoms with Crippen molar-refractivity contribution in [3.8, 4) is 0 Å². The standard InChI is InChI=1S/C16H20Cl2N4OS/c1-2-19-16(20-8-7-11-3-5-14(17)21-9-11)22-10-12(23)13-4-6-15(18)24-13/h3-6,9,12,23H,2,7-8,10H2,1H3,(H2,19,20,22). The second kappa shape index (κ2) is 9.84. The average Bonchev–Trinajstić information content (AvgIpc) is 3.01. The van der Waals surface area contributed by atoms with Crippen LogP contribution in [0.15, 0.2) is 35.5 Å². The van der Waals surface area contributed by atoms with Crippen molar-refractivity contribution in [3.63, 3.8) is 0 Å². The zero-order chi connectivity index (χ0) is 17.4. The minimum Gasteiger partial charge on any atom is -0.386 e. The summed E-state index contributed by atoms with van der Waals surface area (Å²) in [6.45, 7) is 3.72. The van der Waals surface area contributed by atoms with Crippen LogP contribution < -0.4 is 10.6 Å². The Morgan fingerprint density at radius 3 is 2.75 bits per heavy atom. The van der Waals surface area contributed by atoms with E-state index in [1.54, 1.807) is 18.3 Å². The van der Waals surface area contributed by atoms with Gasteiger partial charge in [0.25, 0.3) is 0 Å². The fourth-order valence-electron chi connectivity index (χ4n) is 2.00. The lowest BCUT2D eigenvalue weighted by Gasteiger charge is -2.12. The lowest BCUT2D eigenvalue weighted by atomic mass is 10.2. The topological polar surface area (TPSA) is 69.5 Å².